The Kier molecular flexibility index (Phi) is 6.13. The third-order valence-corrected chi connectivity index (χ3v) is 4.52. The van der Waals surface area contributed by atoms with Crippen LogP contribution < -0.4 is 16.0 Å². The first-order valence-corrected chi connectivity index (χ1v) is 9.85. The number of nitrogens with one attached hydrogen (secondary N) is 3. The van der Waals surface area contributed by atoms with Crippen molar-refractivity contribution in [1.29, 1.82) is 0 Å². The Hall–Kier alpha value is -4.27. The second kappa shape index (κ2) is 9.49. The van der Waals surface area contributed by atoms with Crippen LogP contribution in [0.2, 0.25) is 0 Å². The molecule has 0 saturated heterocycles. The fraction of sp³-hybridized carbons (Fsp3) is 0.136. The van der Waals surface area contributed by atoms with E-state index in [1.54, 1.807) is 23.0 Å². The average molecular weight is 414 g/mol. The third kappa shape index (κ3) is 5.21. The van der Waals surface area contributed by atoms with Crippen LogP contribution in [0.4, 0.5) is 17.5 Å². The normalized spacial score (nSPS) is 10.5. The molecule has 2 heterocycles. The van der Waals surface area contributed by atoms with Crippen molar-refractivity contribution >= 4 is 23.4 Å². The zero-order valence-electron chi connectivity index (χ0n) is 17.0. The van der Waals surface area contributed by atoms with Crippen molar-refractivity contribution in [3.63, 3.8) is 0 Å². The highest BCUT2D eigenvalue weighted by Crippen LogP contribution is 2.12. The van der Waals surface area contributed by atoms with Crippen LogP contribution in [-0.2, 0) is 0 Å². The molecule has 2 aromatic carbocycles. The number of aromatic nitrogens is 5. The number of benzene rings is 2. The van der Waals surface area contributed by atoms with Crippen molar-refractivity contribution in [1.82, 2.24) is 25.2 Å². The SMILES string of the molecule is Cc1ccc(NC(=O)c2ccc(NCCNc3nnnn3-c3ccccc3)nc2)cc1. The largest absolute Gasteiger partial charge is 0.368 e. The van der Waals surface area contributed by atoms with E-state index >= 15 is 0 Å². The van der Waals surface area contributed by atoms with Gasteiger partial charge in [-0.3, -0.25) is 4.79 Å². The standard InChI is InChI=1S/C22H22N8O/c1-16-7-10-18(11-8-16)26-21(31)17-9-12-20(25-15-17)23-13-14-24-22-27-28-29-30(22)19-5-3-2-4-6-19/h2-12,15H,13-14H2,1H3,(H,23,25)(H,26,31)(H,24,27,29). The average Bonchev–Trinajstić information content (AvgIpc) is 3.28. The van der Waals surface area contributed by atoms with Crippen LogP contribution >= 0.6 is 0 Å². The minimum Gasteiger partial charge on any atom is -0.368 e. The first-order valence-electron chi connectivity index (χ1n) is 9.85. The van der Waals surface area contributed by atoms with Gasteiger partial charge in [0.05, 0.1) is 11.3 Å². The molecule has 156 valence electrons. The van der Waals surface area contributed by atoms with E-state index in [-0.39, 0.29) is 5.91 Å². The van der Waals surface area contributed by atoms with E-state index in [1.807, 2.05) is 61.5 Å². The lowest BCUT2D eigenvalue weighted by Gasteiger charge is -2.09. The number of hydrogen-bond acceptors (Lipinski definition) is 7. The number of para-hydroxylation sites is 1. The van der Waals surface area contributed by atoms with Crippen LogP contribution in [0.15, 0.2) is 72.9 Å². The number of nitrogens with zero attached hydrogens (tertiary/aromatic N) is 5. The molecule has 0 unspecified atom stereocenters. The molecule has 9 nitrogen and oxygen atoms in total. The zero-order chi connectivity index (χ0) is 21.5. The summed E-state index contributed by atoms with van der Waals surface area (Å²) < 4.78 is 1.64. The van der Waals surface area contributed by atoms with E-state index in [2.05, 4.69) is 36.5 Å². The number of amides is 1. The van der Waals surface area contributed by atoms with Crippen LogP contribution in [0.25, 0.3) is 5.69 Å². The molecule has 3 N–H and O–H groups in total. The summed E-state index contributed by atoms with van der Waals surface area (Å²) in [7, 11) is 0. The van der Waals surface area contributed by atoms with Gasteiger partial charge in [0, 0.05) is 25.0 Å². The summed E-state index contributed by atoms with van der Waals surface area (Å²) in [5.41, 5.74) is 3.26. The summed E-state index contributed by atoms with van der Waals surface area (Å²) in [5, 5.41) is 21.0. The van der Waals surface area contributed by atoms with Gasteiger partial charge in [0.2, 0.25) is 5.95 Å². The Labute approximate surface area is 179 Å². The van der Waals surface area contributed by atoms with Gasteiger partial charge in [-0.05, 0) is 53.7 Å². The number of hydrogen-bond donors (Lipinski definition) is 3. The molecule has 0 aliphatic heterocycles. The monoisotopic (exact) mass is 414 g/mol. The smallest absolute Gasteiger partial charge is 0.257 e. The number of tetrazole rings is 1. The molecule has 9 heteroatoms. The molecular weight excluding hydrogens is 392 g/mol. The number of carbonyl (C=O) groups excluding carboxylic acids is 1. The molecule has 0 radical (unpaired) electrons. The van der Waals surface area contributed by atoms with Gasteiger partial charge in [0.15, 0.2) is 0 Å². The predicted molar refractivity (Wildman–Crippen MR) is 120 cm³/mol. The van der Waals surface area contributed by atoms with Gasteiger partial charge in [0.25, 0.3) is 5.91 Å². The van der Waals surface area contributed by atoms with E-state index < -0.39 is 0 Å². The molecule has 0 spiro atoms. The van der Waals surface area contributed by atoms with E-state index in [9.17, 15) is 4.79 Å². The molecule has 4 aromatic rings. The van der Waals surface area contributed by atoms with Crippen LogP contribution in [0, 0.1) is 6.92 Å². The minimum absolute atomic E-state index is 0.197. The molecular formula is C22H22N8O. The summed E-state index contributed by atoms with van der Waals surface area (Å²) in [6, 6.07) is 20.8. The molecule has 0 aliphatic rings. The Morgan fingerprint density at radius 3 is 2.45 bits per heavy atom. The summed E-state index contributed by atoms with van der Waals surface area (Å²) >= 11 is 0. The fourth-order valence-corrected chi connectivity index (χ4v) is 2.88. The van der Waals surface area contributed by atoms with Crippen molar-refractivity contribution in [3.05, 3.63) is 84.1 Å². The number of pyridine rings is 1. The maximum absolute atomic E-state index is 12.3. The first kappa shape index (κ1) is 20.0. The fourth-order valence-electron chi connectivity index (χ4n) is 2.88. The molecule has 0 fully saturated rings. The zero-order valence-corrected chi connectivity index (χ0v) is 17.0. The van der Waals surface area contributed by atoms with Crippen LogP contribution in [-0.4, -0.2) is 44.2 Å². The van der Waals surface area contributed by atoms with Gasteiger partial charge in [-0.15, -0.1) is 0 Å². The molecule has 0 saturated carbocycles. The second-order valence-corrected chi connectivity index (χ2v) is 6.86. The van der Waals surface area contributed by atoms with Crippen molar-refractivity contribution in [3.8, 4) is 5.69 Å². The summed E-state index contributed by atoms with van der Waals surface area (Å²) in [6.45, 7) is 3.19. The molecule has 2 aromatic heterocycles. The highest BCUT2D eigenvalue weighted by molar-refractivity contribution is 6.04. The molecule has 1 amide bonds. The summed E-state index contributed by atoms with van der Waals surface area (Å²) in [5.74, 6) is 1.04. The Morgan fingerprint density at radius 2 is 1.71 bits per heavy atom. The van der Waals surface area contributed by atoms with Gasteiger partial charge in [-0.25, -0.2) is 4.98 Å². The second-order valence-electron chi connectivity index (χ2n) is 6.86. The highest BCUT2D eigenvalue weighted by atomic mass is 16.1. The van der Waals surface area contributed by atoms with Gasteiger partial charge in [0.1, 0.15) is 5.82 Å². The lowest BCUT2D eigenvalue weighted by molar-refractivity contribution is 0.102. The van der Waals surface area contributed by atoms with Crippen LogP contribution in [0.1, 0.15) is 15.9 Å². The maximum atomic E-state index is 12.3. The van der Waals surface area contributed by atoms with Crippen molar-refractivity contribution in [2.45, 2.75) is 6.92 Å². The third-order valence-electron chi connectivity index (χ3n) is 4.52. The lowest BCUT2D eigenvalue weighted by atomic mass is 10.2. The van der Waals surface area contributed by atoms with Gasteiger partial charge in [-0.1, -0.05) is 41.0 Å². The van der Waals surface area contributed by atoms with Gasteiger partial charge >= 0.3 is 0 Å². The minimum atomic E-state index is -0.197. The Morgan fingerprint density at radius 1 is 0.935 bits per heavy atom. The number of aryl methyl sites for hydroxylation is 1. The Bertz CT molecular complexity index is 1120. The van der Waals surface area contributed by atoms with Crippen molar-refractivity contribution in [2.24, 2.45) is 0 Å². The topological polar surface area (TPSA) is 110 Å². The Balaban J connectivity index is 1.26. The lowest BCUT2D eigenvalue weighted by Crippen LogP contribution is -2.17. The van der Waals surface area contributed by atoms with Gasteiger partial charge in [-0.2, -0.15) is 4.68 Å². The highest BCUT2D eigenvalue weighted by Gasteiger charge is 2.08. The van der Waals surface area contributed by atoms with Crippen LogP contribution in [0.3, 0.4) is 0 Å². The van der Waals surface area contributed by atoms with Crippen LogP contribution in [0.5, 0.6) is 0 Å². The van der Waals surface area contributed by atoms with Crippen molar-refractivity contribution < 1.29 is 4.79 Å². The summed E-state index contributed by atoms with van der Waals surface area (Å²) in [4.78, 5) is 16.7. The molecule has 0 atom stereocenters. The van der Waals surface area contributed by atoms with E-state index in [4.69, 9.17) is 0 Å². The molecule has 0 aliphatic carbocycles. The predicted octanol–water partition coefficient (Wildman–Crippen LogP) is 3.14. The summed E-state index contributed by atoms with van der Waals surface area (Å²) in [6.07, 6.45) is 1.55. The maximum Gasteiger partial charge on any atom is 0.257 e. The first-order chi connectivity index (χ1) is 15.2. The van der Waals surface area contributed by atoms with E-state index in [0.29, 0.717) is 30.4 Å². The molecule has 0 bridgehead atoms. The van der Waals surface area contributed by atoms with E-state index in [0.717, 1.165) is 16.9 Å². The molecule has 31 heavy (non-hydrogen) atoms. The quantitative estimate of drug-likeness (QED) is 0.380. The van der Waals surface area contributed by atoms with E-state index in [1.165, 1.54) is 0 Å². The molecule has 4 rings (SSSR count). The van der Waals surface area contributed by atoms with Gasteiger partial charge < -0.3 is 16.0 Å². The number of carbonyl (C=O) groups is 1. The number of rotatable bonds is 8. The number of anilines is 3. The van der Waals surface area contributed by atoms with Crippen molar-refractivity contribution in [2.75, 3.05) is 29.0 Å².